The lowest BCUT2D eigenvalue weighted by atomic mass is 9.94. The highest BCUT2D eigenvalue weighted by Gasteiger charge is 2.26. The molecule has 1 unspecified atom stereocenters. The fraction of sp³-hybridized carbons (Fsp3) is 0.312. The van der Waals surface area contributed by atoms with Crippen LogP contribution in [0.4, 0.5) is 0 Å². The number of nitrogens with one attached hydrogen (secondary N) is 1. The van der Waals surface area contributed by atoms with Gasteiger partial charge in [0.2, 0.25) is 0 Å². The number of esters is 1. The highest BCUT2D eigenvalue weighted by atomic mass is 32.1. The predicted molar refractivity (Wildman–Crippen MR) is 79.9 cm³/mol. The van der Waals surface area contributed by atoms with Crippen LogP contribution in [0, 0.1) is 0 Å². The van der Waals surface area contributed by atoms with E-state index < -0.39 is 0 Å². The summed E-state index contributed by atoms with van der Waals surface area (Å²) in [7, 11) is 0. The molecule has 0 aliphatic carbocycles. The summed E-state index contributed by atoms with van der Waals surface area (Å²) in [5.74, 6) is -0.172. The first-order valence-corrected chi connectivity index (χ1v) is 7.73. The molecule has 20 heavy (non-hydrogen) atoms. The zero-order valence-electron chi connectivity index (χ0n) is 11.2. The molecule has 0 radical (unpaired) electrons. The minimum Gasteiger partial charge on any atom is -0.464 e. The van der Waals surface area contributed by atoms with Crippen molar-refractivity contribution in [1.82, 2.24) is 5.32 Å². The Morgan fingerprint density at radius 3 is 3.05 bits per heavy atom. The third-order valence-corrected chi connectivity index (χ3v) is 4.45. The fourth-order valence-electron chi connectivity index (χ4n) is 2.51. The first-order valence-electron chi connectivity index (χ1n) is 6.85. The second kappa shape index (κ2) is 6.20. The Labute approximate surface area is 122 Å². The molecule has 2 heterocycles. The normalized spacial score (nSPS) is 17.5. The van der Waals surface area contributed by atoms with Crippen molar-refractivity contribution in [3.63, 3.8) is 0 Å². The summed E-state index contributed by atoms with van der Waals surface area (Å²) in [5, 5.41) is 5.28. The number of carbonyl (C=O) groups is 1. The van der Waals surface area contributed by atoms with Gasteiger partial charge in [-0.2, -0.15) is 0 Å². The van der Waals surface area contributed by atoms with Crippen LogP contribution in [0.25, 0.3) is 0 Å². The smallest absolute Gasteiger partial charge is 0.327 e. The van der Waals surface area contributed by atoms with Crippen molar-refractivity contribution in [2.24, 2.45) is 0 Å². The molecule has 1 aromatic heterocycles. The number of carbonyl (C=O) groups excluding carboxylic acids is 1. The summed E-state index contributed by atoms with van der Waals surface area (Å²) in [6, 6.07) is 11.8. The molecule has 1 N–H and O–H groups in total. The van der Waals surface area contributed by atoms with E-state index in [-0.39, 0.29) is 12.0 Å². The van der Waals surface area contributed by atoms with E-state index in [9.17, 15) is 4.79 Å². The summed E-state index contributed by atoms with van der Waals surface area (Å²) < 4.78 is 5.42. The van der Waals surface area contributed by atoms with Crippen LogP contribution in [0.1, 0.15) is 22.0 Å². The molecule has 1 atom stereocenters. The van der Waals surface area contributed by atoms with Gasteiger partial charge in [-0.1, -0.05) is 30.3 Å². The number of benzene rings is 1. The first kappa shape index (κ1) is 13.3. The molecule has 1 aliphatic rings. The van der Waals surface area contributed by atoms with Crippen molar-refractivity contribution in [1.29, 1.82) is 0 Å². The molecular formula is C16H17NO2S. The Bertz CT molecular complexity index is 580. The highest BCUT2D eigenvalue weighted by Crippen LogP contribution is 2.23. The number of rotatable bonds is 4. The van der Waals surface area contributed by atoms with Gasteiger partial charge < -0.3 is 10.1 Å². The average molecular weight is 287 g/mol. The van der Waals surface area contributed by atoms with Crippen molar-refractivity contribution in [3.8, 4) is 0 Å². The van der Waals surface area contributed by atoms with Crippen molar-refractivity contribution in [3.05, 3.63) is 57.8 Å². The third-order valence-electron chi connectivity index (χ3n) is 3.52. The summed E-state index contributed by atoms with van der Waals surface area (Å²) in [6.07, 6.45) is 1.76. The number of fused-ring (bicyclic) bond motifs is 1. The number of ether oxygens (including phenoxy) is 1. The van der Waals surface area contributed by atoms with E-state index in [1.807, 2.05) is 29.6 Å². The lowest BCUT2D eigenvalue weighted by molar-refractivity contribution is -0.146. The van der Waals surface area contributed by atoms with E-state index in [4.69, 9.17) is 4.74 Å². The molecular weight excluding hydrogens is 270 g/mol. The lowest BCUT2D eigenvalue weighted by Crippen LogP contribution is -2.36. The van der Waals surface area contributed by atoms with Gasteiger partial charge in [0.05, 0.1) is 6.61 Å². The van der Waals surface area contributed by atoms with E-state index in [1.54, 1.807) is 11.3 Å². The van der Waals surface area contributed by atoms with E-state index >= 15 is 0 Å². The molecule has 4 heteroatoms. The Kier molecular flexibility index (Phi) is 4.14. The molecule has 0 saturated heterocycles. The standard InChI is InChI=1S/C16H17NO2S/c18-16(19-10-8-13-5-3-11-20-13)15-14-6-2-1-4-12(14)7-9-17-15/h1-6,11,15,17H,7-10H2. The zero-order chi connectivity index (χ0) is 13.8. The molecule has 1 aromatic carbocycles. The van der Waals surface area contributed by atoms with Crippen molar-refractivity contribution in [2.75, 3.05) is 13.2 Å². The summed E-state index contributed by atoms with van der Waals surface area (Å²) in [4.78, 5) is 13.5. The van der Waals surface area contributed by atoms with Gasteiger partial charge in [0, 0.05) is 17.8 Å². The van der Waals surface area contributed by atoms with Gasteiger partial charge >= 0.3 is 5.97 Å². The molecule has 1 aliphatic heterocycles. The Hall–Kier alpha value is -1.65. The predicted octanol–water partition coefficient (Wildman–Crippen LogP) is 2.72. The molecule has 0 saturated carbocycles. The Morgan fingerprint density at radius 2 is 2.20 bits per heavy atom. The van der Waals surface area contributed by atoms with Crippen LogP contribution in [0.3, 0.4) is 0 Å². The maximum Gasteiger partial charge on any atom is 0.327 e. The lowest BCUT2D eigenvalue weighted by Gasteiger charge is -2.25. The molecule has 0 spiro atoms. The van der Waals surface area contributed by atoms with Crippen LogP contribution in [-0.2, 0) is 22.4 Å². The zero-order valence-corrected chi connectivity index (χ0v) is 12.0. The van der Waals surface area contributed by atoms with E-state index in [1.165, 1.54) is 10.4 Å². The minimum atomic E-state index is -0.316. The minimum absolute atomic E-state index is 0.172. The van der Waals surface area contributed by atoms with Gasteiger partial charge in [0.25, 0.3) is 0 Å². The number of hydrogen-bond acceptors (Lipinski definition) is 4. The average Bonchev–Trinajstić information content (AvgIpc) is 3.00. The Balaban J connectivity index is 1.60. The largest absolute Gasteiger partial charge is 0.464 e. The molecule has 3 rings (SSSR count). The SMILES string of the molecule is O=C(OCCc1cccs1)C1NCCc2ccccc21. The van der Waals surface area contributed by atoms with E-state index in [0.717, 1.165) is 24.9 Å². The second-order valence-electron chi connectivity index (χ2n) is 4.83. The molecule has 0 amide bonds. The number of thiophene rings is 1. The highest BCUT2D eigenvalue weighted by molar-refractivity contribution is 7.09. The van der Waals surface area contributed by atoms with Crippen LogP contribution in [0.5, 0.6) is 0 Å². The summed E-state index contributed by atoms with van der Waals surface area (Å²) >= 11 is 1.69. The van der Waals surface area contributed by atoms with Crippen molar-refractivity contribution in [2.45, 2.75) is 18.9 Å². The molecule has 3 nitrogen and oxygen atoms in total. The second-order valence-corrected chi connectivity index (χ2v) is 5.87. The first-order chi connectivity index (χ1) is 9.84. The third kappa shape index (κ3) is 2.92. The van der Waals surface area contributed by atoms with Crippen LogP contribution >= 0.6 is 11.3 Å². The molecule has 104 valence electrons. The topological polar surface area (TPSA) is 38.3 Å². The van der Waals surface area contributed by atoms with E-state index in [2.05, 4.69) is 17.4 Å². The van der Waals surface area contributed by atoms with Gasteiger partial charge in [-0.05, 0) is 29.0 Å². The molecule has 2 aromatic rings. The van der Waals surface area contributed by atoms with Gasteiger partial charge in [0.15, 0.2) is 0 Å². The summed E-state index contributed by atoms with van der Waals surface area (Å²) in [5.41, 5.74) is 2.30. The Morgan fingerprint density at radius 1 is 1.30 bits per heavy atom. The van der Waals surface area contributed by atoms with Crippen LogP contribution < -0.4 is 5.32 Å². The van der Waals surface area contributed by atoms with Gasteiger partial charge in [0.1, 0.15) is 6.04 Å². The van der Waals surface area contributed by atoms with Crippen molar-refractivity contribution >= 4 is 17.3 Å². The van der Waals surface area contributed by atoms with Crippen LogP contribution in [-0.4, -0.2) is 19.1 Å². The van der Waals surface area contributed by atoms with Crippen LogP contribution in [0.2, 0.25) is 0 Å². The molecule has 0 bridgehead atoms. The van der Waals surface area contributed by atoms with Gasteiger partial charge in [-0.25, -0.2) is 4.79 Å². The van der Waals surface area contributed by atoms with E-state index in [0.29, 0.717) is 6.61 Å². The molecule has 0 fully saturated rings. The van der Waals surface area contributed by atoms with Gasteiger partial charge in [-0.3, -0.25) is 0 Å². The maximum atomic E-state index is 12.2. The number of hydrogen-bond donors (Lipinski definition) is 1. The van der Waals surface area contributed by atoms with Crippen molar-refractivity contribution < 1.29 is 9.53 Å². The maximum absolute atomic E-state index is 12.2. The quantitative estimate of drug-likeness (QED) is 0.879. The fourth-order valence-corrected chi connectivity index (χ4v) is 3.20. The van der Waals surface area contributed by atoms with Crippen LogP contribution in [0.15, 0.2) is 41.8 Å². The summed E-state index contributed by atoms with van der Waals surface area (Å²) in [6.45, 7) is 1.27. The van der Waals surface area contributed by atoms with Gasteiger partial charge in [-0.15, -0.1) is 11.3 Å². The monoisotopic (exact) mass is 287 g/mol.